The van der Waals surface area contributed by atoms with Gasteiger partial charge in [0.2, 0.25) is 11.8 Å². The first-order valence-electron chi connectivity index (χ1n) is 19.7. The quantitative estimate of drug-likeness (QED) is 0.0975. The summed E-state index contributed by atoms with van der Waals surface area (Å²) in [5, 5.41) is 6.79. The van der Waals surface area contributed by atoms with Crippen LogP contribution in [0, 0.1) is 24.7 Å². The van der Waals surface area contributed by atoms with Gasteiger partial charge in [0.15, 0.2) is 0 Å². The van der Waals surface area contributed by atoms with E-state index in [-0.39, 0.29) is 11.4 Å². The van der Waals surface area contributed by atoms with Crippen LogP contribution in [-0.2, 0) is 41.6 Å². The highest BCUT2D eigenvalue weighted by Crippen LogP contribution is 2.55. The van der Waals surface area contributed by atoms with E-state index in [0.717, 1.165) is 35.4 Å². The Morgan fingerprint density at radius 3 is 1.92 bits per heavy atom. The van der Waals surface area contributed by atoms with Gasteiger partial charge in [-0.25, -0.2) is 4.98 Å². The first-order valence-corrected chi connectivity index (χ1v) is 19.7. The maximum atomic E-state index is 12.6. The van der Waals surface area contributed by atoms with Crippen LogP contribution in [0.1, 0.15) is 61.6 Å². The van der Waals surface area contributed by atoms with Crippen molar-refractivity contribution >= 4 is 5.91 Å². The van der Waals surface area contributed by atoms with Crippen LogP contribution < -0.4 is 15.4 Å². The lowest BCUT2D eigenvalue weighted by atomic mass is 9.53. The van der Waals surface area contributed by atoms with Crippen LogP contribution in [0.5, 0.6) is 5.88 Å². The Balaban J connectivity index is 0.684. The van der Waals surface area contributed by atoms with Gasteiger partial charge in [0.05, 0.1) is 66.1 Å². The fourth-order valence-electron chi connectivity index (χ4n) is 8.67. The lowest BCUT2D eigenvalue weighted by Crippen LogP contribution is -2.59. The van der Waals surface area contributed by atoms with E-state index in [1.165, 1.54) is 55.2 Å². The van der Waals surface area contributed by atoms with Gasteiger partial charge in [-0.3, -0.25) is 4.79 Å². The van der Waals surface area contributed by atoms with Crippen molar-refractivity contribution in [1.29, 1.82) is 0 Å². The lowest BCUT2D eigenvalue weighted by Gasteiger charge is -2.56. The molecule has 0 spiro atoms. The summed E-state index contributed by atoms with van der Waals surface area (Å²) in [4.78, 5) is 17.1. The zero-order valence-corrected chi connectivity index (χ0v) is 31.5. The van der Waals surface area contributed by atoms with Gasteiger partial charge < -0.3 is 39.1 Å². The summed E-state index contributed by atoms with van der Waals surface area (Å²) in [7, 11) is 0. The summed E-state index contributed by atoms with van der Waals surface area (Å²) in [5.74, 6) is 3.25. The number of hydrogen-bond donors (Lipinski definition) is 2. The minimum absolute atomic E-state index is 0.0787. The molecule has 2 aromatic carbocycles. The van der Waals surface area contributed by atoms with Gasteiger partial charge in [0.25, 0.3) is 0 Å². The molecule has 4 saturated carbocycles. The highest BCUT2D eigenvalue weighted by Gasteiger charge is 2.51. The van der Waals surface area contributed by atoms with E-state index in [9.17, 15) is 4.79 Å². The number of aromatic nitrogens is 1. The van der Waals surface area contributed by atoms with Crippen LogP contribution in [-0.4, -0.2) is 89.0 Å². The highest BCUT2D eigenvalue weighted by atomic mass is 16.6. The standard InChI is InChI=1S/C43H59N3O7/c1-33-39(8-5-9-40(33)38-6-3-2-4-7-38)32-53-42-11-10-34(31-45-42)30-44-13-15-49-17-19-51-21-23-52-22-20-50-18-16-48-14-12-41(47)46-43-27-35-24-36(28-43)26-37(25-35)29-43/h2-11,31,35-37,44H,12-30,32H2,1H3,(H,46,47). The van der Waals surface area contributed by atoms with Crippen molar-refractivity contribution in [2.75, 3.05) is 72.6 Å². The number of rotatable bonds is 25. The highest BCUT2D eigenvalue weighted by molar-refractivity contribution is 5.77. The molecule has 1 heterocycles. The van der Waals surface area contributed by atoms with Crippen molar-refractivity contribution in [1.82, 2.24) is 15.6 Å². The largest absolute Gasteiger partial charge is 0.473 e. The number of benzene rings is 2. The average Bonchev–Trinajstić information content (AvgIpc) is 3.15. The van der Waals surface area contributed by atoms with E-state index in [2.05, 4.69) is 65.0 Å². The number of hydrogen-bond acceptors (Lipinski definition) is 9. The van der Waals surface area contributed by atoms with Gasteiger partial charge in [0, 0.05) is 37.3 Å². The molecule has 0 aliphatic heterocycles. The first kappa shape index (κ1) is 39.3. The molecule has 288 valence electrons. The topological polar surface area (TPSA) is 109 Å². The van der Waals surface area contributed by atoms with Gasteiger partial charge in [-0.1, -0.05) is 54.6 Å². The molecule has 2 N–H and O–H groups in total. The molecule has 4 fully saturated rings. The molecule has 0 saturated heterocycles. The summed E-state index contributed by atoms with van der Waals surface area (Å²) in [6.07, 6.45) is 9.96. The Labute approximate surface area is 315 Å². The van der Waals surface area contributed by atoms with E-state index in [1.54, 1.807) is 0 Å². The molecule has 7 rings (SSSR count). The van der Waals surface area contributed by atoms with Gasteiger partial charge in [-0.15, -0.1) is 0 Å². The second kappa shape index (κ2) is 20.9. The van der Waals surface area contributed by atoms with Crippen LogP contribution in [0.25, 0.3) is 11.1 Å². The summed E-state index contributed by atoms with van der Waals surface area (Å²) in [5.41, 5.74) is 5.97. The van der Waals surface area contributed by atoms with Crippen molar-refractivity contribution in [3.8, 4) is 17.0 Å². The molecule has 0 radical (unpaired) electrons. The van der Waals surface area contributed by atoms with Crippen molar-refractivity contribution in [2.24, 2.45) is 17.8 Å². The van der Waals surface area contributed by atoms with Gasteiger partial charge in [-0.05, 0) is 91.0 Å². The SMILES string of the molecule is Cc1c(COc2ccc(CNCCOCCOCCOCCOCCOCCC(=O)NC34CC5CC(CC(C5)C3)C4)cn2)cccc1-c1ccccc1. The Morgan fingerprint density at radius 2 is 1.32 bits per heavy atom. The number of carbonyl (C=O) groups excluding carboxylic acids is 1. The van der Waals surface area contributed by atoms with Crippen LogP contribution in [0.2, 0.25) is 0 Å². The van der Waals surface area contributed by atoms with E-state index in [0.29, 0.717) is 91.5 Å². The number of nitrogens with zero attached hydrogens (tertiary/aromatic N) is 1. The summed E-state index contributed by atoms with van der Waals surface area (Å²) in [6, 6.07) is 20.7. The van der Waals surface area contributed by atoms with E-state index < -0.39 is 0 Å². The Morgan fingerprint density at radius 1 is 0.717 bits per heavy atom. The number of ether oxygens (including phenoxy) is 6. The number of pyridine rings is 1. The minimum atomic E-state index is 0.0787. The van der Waals surface area contributed by atoms with E-state index >= 15 is 0 Å². The minimum Gasteiger partial charge on any atom is -0.473 e. The fourth-order valence-corrected chi connectivity index (χ4v) is 8.67. The fraction of sp³-hybridized carbons (Fsp3) is 0.581. The average molecular weight is 730 g/mol. The van der Waals surface area contributed by atoms with Crippen molar-refractivity contribution in [2.45, 2.75) is 70.6 Å². The van der Waals surface area contributed by atoms with Crippen LogP contribution >= 0.6 is 0 Å². The predicted octanol–water partition coefficient (Wildman–Crippen LogP) is 6.28. The summed E-state index contributed by atoms with van der Waals surface area (Å²) in [6.45, 7) is 9.18. The molecule has 1 aromatic heterocycles. The molecular formula is C43H59N3O7. The maximum Gasteiger partial charge on any atom is 0.222 e. The van der Waals surface area contributed by atoms with Gasteiger partial charge in [-0.2, -0.15) is 0 Å². The third-order valence-electron chi connectivity index (χ3n) is 10.9. The zero-order chi connectivity index (χ0) is 36.6. The molecule has 10 nitrogen and oxygen atoms in total. The molecule has 3 aromatic rings. The molecule has 10 heteroatoms. The van der Waals surface area contributed by atoms with E-state index in [1.807, 2.05) is 24.4 Å². The van der Waals surface area contributed by atoms with Gasteiger partial charge in [0.1, 0.15) is 6.61 Å². The molecule has 4 bridgehead atoms. The Bertz CT molecular complexity index is 1480. The molecule has 0 unspecified atom stereocenters. The smallest absolute Gasteiger partial charge is 0.222 e. The zero-order valence-electron chi connectivity index (χ0n) is 31.5. The van der Waals surface area contributed by atoms with Crippen LogP contribution in [0.15, 0.2) is 66.9 Å². The second-order valence-corrected chi connectivity index (χ2v) is 15.0. The lowest BCUT2D eigenvalue weighted by molar-refractivity contribution is -0.128. The van der Waals surface area contributed by atoms with Crippen molar-refractivity contribution in [3.63, 3.8) is 0 Å². The second-order valence-electron chi connectivity index (χ2n) is 15.0. The maximum absolute atomic E-state index is 12.6. The Kier molecular flexibility index (Phi) is 15.5. The summed E-state index contributed by atoms with van der Waals surface area (Å²) >= 11 is 0. The number of amides is 1. The molecule has 4 aliphatic rings. The summed E-state index contributed by atoms with van der Waals surface area (Å²) < 4.78 is 34.0. The van der Waals surface area contributed by atoms with E-state index in [4.69, 9.17) is 28.4 Å². The molecule has 1 amide bonds. The monoisotopic (exact) mass is 729 g/mol. The molecule has 0 atom stereocenters. The first-order chi connectivity index (χ1) is 26.1. The normalized spacial score (nSPS) is 21.6. The molecular weight excluding hydrogens is 670 g/mol. The van der Waals surface area contributed by atoms with Crippen LogP contribution in [0.4, 0.5) is 0 Å². The van der Waals surface area contributed by atoms with Gasteiger partial charge >= 0.3 is 0 Å². The van der Waals surface area contributed by atoms with Crippen molar-refractivity contribution in [3.05, 3.63) is 83.6 Å². The third-order valence-corrected chi connectivity index (χ3v) is 10.9. The third kappa shape index (κ3) is 12.6. The Hall–Kier alpha value is -3.38. The molecule has 53 heavy (non-hydrogen) atoms. The predicted molar refractivity (Wildman–Crippen MR) is 205 cm³/mol. The molecule has 4 aliphatic carbocycles. The van der Waals surface area contributed by atoms with Crippen molar-refractivity contribution < 1.29 is 33.2 Å². The van der Waals surface area contributed by atoms with Crippen LogP contribution in [0.3, 0.4) is 0 Å². The number of nitrogens with one attached hydrogen (secondary N) is 2. The number of carbonyl (C=O) groups is 1.